The summed E-state index contributed by atoms with van der Waals surface area (Å²) in [5, 5.41) is 3.39. The van der Waals surface area contributed by atoms with Gasteiger partial charge in [-0.3, -0.25) is 4.90 Å². The zero-order valence-corrected chi connectivity index (χ0v) is 16.1. The number of ether oxygens (including phenoxy) is 3. The molecule has 0 bridgehead atoms. The highest BCUT2D eigenvalue weighted by molar-refractivity contribution is 5.82. The molecule has 1 aromatic carbocycles. The first kappa shape index (κ1) is 20.0. The molecule has 1 aliphatic heterocycles. The molecule has 1 N–H and O–H groups in total. The number of esters is 1. The van der Waals surface area contributed by atoms with Gasteiger partial charge in [-0.05, 0) is 44.9 Å². The van der Waals surface area contributed by atoms with Gasteiger partial charge in [0.25, 0.3) is 0 Å². The van der Waals surface area contributed by atoms with E-state index in [2.05, 4.69) is 5.32 Å². The minimum atomic E-state index is -0.636. The van der Waals surface area contributed by atoms with Gasteiger partial charge < -0.3 is 19.5 Å². The highest BCUT2D eigenvalue weighted by Crippen LogP contribution is 2.23. The van der Waals surface area contributed by atoms with Crippen LogP contribution in [0.1, 0.15) is 32.8 Å². The number of hydrogen-bond acceptors (Lipinski definition) is 6. The van der Waals surface area contributed by atoms with Crippen LogP contribution in [-0.2, 0) is 20.8 Å². The minimum Gasteiger partial charge on any atom is -0.497 e. The van der Waals surface area contributed by atoms with Gasteiger partial charge in [0.15, 0.2) is 0 Å². The maximum atomic E-state index is 12.4. The zero-order valence-electron chi connectivity index (χ0n) is 16.1. The van der Waals surface area contributed by atoms with E-state index in [9.17, 15) is 9.59 Å². The Labute approximate surface area is 154 Å². The van der Waals surface area contributed by atoms with Crippen molar-refractivity contribution in [3.63, 3.8) is 0 Å². The van der Waals surface area contributed by atoms with Crippen molar-refractivity contribution in [3.8, 4) is 5.75 Å². The first-order chi connectivity index (χ1) is 12.2. The Hall–Kier alpha value is -2.28. The third-order valence-corrected chi connectivity index (χ3v) is 4.16. The van der Waals surface area contributed by atoms with Crippen LogP contribution >= 0.6 is 0 Å². The molecule has 1 fully saturated rings. The highest BCUT2D eigenvalue weighted by Gasteiger charge is 2.41. The lowest BCUT2D eigenvalue weighted by molar-refractivity contribution is -0.145. The molecule has 1 amide bonds. The summed E-state index contributed by atoms with van der Waals surface area (Å²) in [6, 6.07) is 7.09. The SMILES string of the molecule is COC(=O)[C@@H]1C[C@H](NCc2ccc(OC)cc2)CN1C(=O)OC(C)(C)C. The molecule has 144 valence electrons. The van der Waals surface area contributed by atoms with E-state index in [-0.39, 0.29) is 6.04 Å². The van der Waals surface area contributed by atoms with Gasteiger partial charge in [-0.15, -0.1) is 0 Å². The highest BCUT2D eigenvalue weighted by atomic mass is 16.6. The standard InChI is InChI=1S/C19H28N2O5/c1-19(2,3)26-18(23)21-12-14(10-16(21)17(22)25-5)20-11-13-6-8-15(24-4)9-7-13/h6-9,14,16,20H,10-12H2,1-5H3/t14-,16-/m0/s1. The lowest BCUT2D eigenvalue weighted by atomic mass is 10.1. The van der Waals surface area contributed by atoms with Crippen molar-refractivity contribution in [2.75, 3.05) is 20.8 Å². The van der Waals surface area contributed by atoms with Gasteiger partial charge in [0.1, 0.15) is 17.4 Å². The van der Waals surface area contributed by atoms with E-state index in [4.69, 9.17) is 14.2 Å². The molecule has 26 heavy (non-hydrogen) atoms. The second-order valence-electron chi connectivity index (χ2n) is 7.33. The topological polar surface area (TPSA) is 77.1 Å². The molecule has 0 saturated carbocycles. The summed E-state index contributed by atoms with van der Waals surface area (Å²) in [6.45, 7) is 6.42. The molecule has 0 spiro atoms. The number of benzene rings is 1. The number of rotatable bonds is 5. The maximum Gasteiger partial charge on any atom is 0.411 e. The van der Waals surface area contributed by atoms with Crippen LogP contribution in [0.5, 0.6) is 5.75 Å². The smallest absolute Gasteiger partial charge is 0.411 e. The zero-order chi connectivity index (χ0) is 19.3. The molecule has 0 aromatic heterocycles. The van der Waals surface area contributed by atoms with Crippen molar-refractivity contribution in [2.24, 2.45) is 0 Å². The largest absolute Gasteiger partial charge is 0.497 e. The summed E-state index contributed by atoms with van der Waals surface area (Å²) in [5.41, 5.74) is 0.475. The molecule has 1 aromatic rings. The quantitative estimate of drug-likeness (QED) is 0.808. The van der Waals surface area contributed by atoms with Gasteiger partial charge in [0, 0.05) is 19.1 Å². The van der Waals surface area contributed by atoms with Crippen molar-refractivity contribution in [1.82, 2.24) is 10.2 Å². The normalized spacial score (nSPS) is 20.0. The molecular formula is C19H28N2O5. The van der Waals surface area contributed by atoms with Gasteiger partial charge in [-0.2, -0.15) is 0 Å². The lowest BCUT2D eigenvalue weighted by Gasteiger charge is -2.27. The molecule has 1 aliphatic rings. The van der Waals surface area contributed by atoms with Crippen molar-refractivity contribution in [3.05, 3.63) is 29.8 Å². The van der Waals surface area contributed by atoms with E-state index in [1.165, 1.54) is 12.0 Å². The van der Waals surface area contributed by atoms with Gasteiger partial charge in [-0.25, -0.2) is 9.59 Å². The summed E-state index contributed by atoms with van der Waals surface area (Å²) in [6.07, 6.45) is -0.0103. The van der Waals surface area contributed by atoms with Gasteiger partial charge in [-0.1, -0.05) is 12.1 Å². The number of methoxy groups -OCH3 is 2. The molecule has 0 unspecified atom stereocenters. The van der Waals surface area contributed by atoms with Crippen LogP contribution < -0.4 is 10.1 Å². The Kier molecular flexibility index (Phi) is 6.47. The summed E-state index contributed by atoms with van der Waals surface area (Å²) < 4.78 is 15.4. The van der Waals surface area contributed by atoms with E-state index in [0.29, 0.717) is 19.5 Å². The Bertz CT molecular complexity index is 624. The molecule has 1 heterocycles. The molecule has 7 heteroatoms. The predicted octanol–water partition coefficient (Wildman–Crippen LogP) is 2.34. The molecule has 2 atom stereocenters. The van der Waals surface area contributed by atoms with Crippen molar-refractivity contribution in [1.29, 1.82) is 0 Å². The summed E-state index contributed by atoms with van der Waals surface area (Å²) in [5.74, 6) is 0.376. The number of likely N-dealkylation sites (tertiary alicyclic amines) is 1. The fraction of sp³-hybridized carbons (Fsp3) is 0.579. The Morgan fingerprint density at radius 2 is 1.85 bits per heavy atom. The molecule has 0 radical (unpaired) electrons. The second-order valence-corrected chi connectivity index (χ2v) is 7.33. The second kappa shape index (κ2) is 8.40. The van der Waals surface area contributed by atoms with Crippen LogP contribution in [-0.4, -0.2) is 55.4 Å². The van der Waals surface area contributed by atoms with Crippen molar-refractivity contribution in [2.45, 2.75) is 51.4 Å². The average molecular weight is 364 g/mol. The summed E-state index contributed by atoms with van der Waals surface area (Å²) in [7, 11) is 2.96. The van der Waals surface area contributed by atoms with E-state index in [1.807, 2.05) is 24.3 Å². The van der Waals surface area contributed by atoms with Crippen molar-refractivity contribution >= 4 is 12.1 Å². The maximum absolute atomic E-state index is 12.4. The van der Waals surface area contributed by atoms with Crippen LogP contribution in [0.3, 0.4) is 0 Å². The number of nitrogens with zero attached hydrogens (tertiary/aromatic N) is 1. The fourth-order valence-electron chi connectivity index (χ4n) is 2.87. The first-order valence-corrected chi connectivity index (χ1v) is 8.67. The third-order valence-electron chi connectivity index (χ3n) is 4.16. The predicted molar refractivity (Wildman–Crippen MR) is 97.0 cm³/mol. The van der Waals surface area contributed by atoms with Crippen molar-refractivity contribution < 1.29 is 23.8 Å². The number of carbonyl (C=O) groups is 2. The summed E-state index contributed by atoms with van der Waals surface area (Å²) >= 11 is 0. The minimum absolute atomic E-state index is 0.0197. The number of carbonyl (C=O) groups excluding carboxylic acids is 2. The average Bonchev–Trinajstić information content (AvgIpc) is 3.03. The van der Waals surface area contributed by atoms with E-state index >= 15 is 0 Å². The molecule has 1 saturated heterocycles. The van der Waals surface area contributed by atoms with E-state index in [1.54, 1.807) is 27.9 Å². The molecule has 0 aliphatic carbocycles. The molecular weight excluding hydrogens is 336 g/mol. The Morgan fingerprint density at radius 3 is 2.38 bits per heavy atom. The fourth-order valence-corrected chi connectivity index (χ4v) is 2.87. The van der Waals surface area contributed by atoms with Crippen LogP contribution in [0, 0.1) is 0 Å². The Morgan fingerprint density at radius 1 is 1.19 bits per heavy atom. The summed E-state index contributed by atoms with van der Waals surface area (Å²) in [4.78, 5) is 26.0. The van der Waals surface area contributed by atoms with Crippen LogP contribution in [0.2, 0.25) is 0 Å². The monoisotopic (exact) mass is 364 g/mol. The van der Waals surface area contributed by atoms with Gasteiger partial charge >= 0.3 is 12.1 Å². The number of hydrogen-bond donors (Lipinski definition) is 1. The van der Waals surface area contributed by atoms with E-state index in [0.717, 1.165) is 11.3 Å². The number of amides is 1. The number of nitrogens with one attached hydrogen (secondary N) is 1. The molecule has 2 rings (SSSR count). The Balaban J connectivity index is 1.99. The van der Waals surface area contributed by atoms with E-state index < -0.39 is 23.7 Å². The van der Waals surface area contributed by atoms with Crippen LogP contribution in [0.25, 0.3) is 0 Å². The first-order valence-electron chi connectivity index (χ1n) is 8.67. The molecule has 7 nitrogen and oxygen atoms in total. The van der Waals surface area contributed by atoms with Gasteiger partial charge in [0.05, 0.1) is 14.2 Å². The van der Waals surface area contributed by atoms with Crippen LogP contribution in [0.4, 0.5) is 4.79 Å². The third kappa shape index (κ3) is 5.36. The lowest BCUT2D eigenvalue weighted by Crippen LogP contribution is -2.44. The van der Waals surface area contributed by atoms with Crippen LogP contribution in [0.15, 0.2) is 24.3 Å². The van der Waals surface area contributed by atoms with Gasteiger partial charge in [0.2, 0.25) is 0 Å².